The normalized spacial score (nSPS) is 18.5. The summed E-state index contributed by atoms with van der Waals surface area (Å²) in [6, 6.07) is 6.68. The molecule has 102 valence electrons. The summed E-state index contributed by atoms with van der Waals surface area (Å²) in [6.45, 7) is 3.58. The maximum Gasteiger partial charge on any atom is 0.265 e. The number of hydrogen-bond acceptors (Lipinski definition) is 4. The standard InChI is InChI=1S/C14H17NO4/c1-3-10(16)9(2)15-14(17)13-8-18-11-6-4-5-7-12(11)19-13/h4-7,9,13H,3,8H2,1-2H3,(H,15,17). The fraction of sp³-hybridized carbons (Fsp3) is 0.429. The molecule has 0 spiro atoms. The van der Waals surface area contributed by atoms with Crippen LogP contribution in [0.4, 0.5) is 0 Å². The van der Waals surface area contributed by atoms with Gasteiger partial charge >= 0.3 is 0 Å². The number of carbonyl (C=O) groups excluding carboxylic acids is 2. The van der Waals surface area contributed by atoms with Crippen LogP contribution in [0.1, 0.15) is 20.3 Å². The van der Waals surface area contributed by atoms with Gasteiger partial charge in [-0.3, -0.25) is 9.59 Å². The molecule has 2 atom stereocenters. The van der Waals surface area contributed by atoms with Gasteiger partial charge in [-0.25, -0.2) is 0 Å². The van der Waals surface area contributed by atoms with Gasteiger partial charge in [0.2, 0.25) is 6.10 Å². The van der Waals surface area contributed by atoms with Crippen LogP contribution in [0.5, 0.6) is 11.5 Å². The van der Waals surface area contributed by atoms with Crippen molar-refractivity contribution in [1.29, 1.82) is 0 Å². The Morgan fingerprint density at radius 3 is 2.74 bits per heavy atom. The number of ketones is 1. The lowest BCUT2D eigenvalue weighted by atomic mass is 10.1. The summed E-state index contributed by atoms with van der Waals surface area (Å²) >= 11 is 0. The van der Waals surface area contributed by atoms with Gasteiger partial charge in [0.15, 0.2) is 17.3 Å². The van der Waals surface area contributed by atoms with E-state index < -0.39 is 12.1 Å². The van der Waals surface area contributed by atoms with Crippen LogP contribution in [0.25, 0.3) is 0 Å². The van der Waals surface area contributed by atoms with Crippen molar-refractivity contribution in [2.45, 2.75) is 32.4 Å². The molecule has 1 amide bonds. The van der Waals surface area contributed by atoms with E-state index in [1.807, 2.05) is 12.1 Å². The van der Waals surface area contributed by atoms with E-state index in [0.717, 1.165) is 0 Å². The molecule has 0 fully saturated rings. The molecule has 0 aliphatic carbocycles. The molecule has 1 aromatic rings. The third-order valence-corrected chi connectivity index (χ3v) is 2.99. The van der Waals surface area contributed by atoms with Crippen molar-refractivity contribution in [3.8, 4) is 11.5 Å². The second-order valence-corrected chi connectivity index (χ2v) is 4.41. The monoisotopic (exact) mass is 263 g/mol. The molecule has 0 saturated heterocycles. The Kier molecular flexibility index (Phi) is 4.04. The Hall–Kier alpha value is -2.04. The number of hydrogen-bond donors (Lipinski definition) is 1. The number of ether oxygens (including phenoxy) is 2. The first-order valence-corrected chi connectivity index (χ1v) is 6.33. The summed E-state index contributed by atoms with van der Waals surface area (Å²) in [5.41, 5.74) is 0. The largest absolute Gasteiger partial charge is 0.485 e. The van der Waals surface area contributed by atoms with Gasteiger partial charge in [0.25, 0.3) is 5.91 Å². The van der Waals surface area contributed by atoms with Crippen LogP contribution in [-0.4, -0.2) is 30.4 Å². The molecule has 5 heteroatoms. The number of benzene rings is 1. The number of nitrogens with one attached hydrogen (secondary N) is 1. The van der Waals surface area contributed by atoms with Gasteiger partial charge in [-0.05, 0) is 19.1 Å². The van der Waals surface area contributed by atoms with Crippen LogP contribution in [0.2, 0.25) is 0 Å². The van der Waals surface area contributed by atoms with Gasteiger partial charge in [0.05, 0.1) is 6.04 Å². The summed E-state index contributed by atoms with van der Waals surface area (Å²) in [6.07, 6.45) is -0.325. The molecular formula is C14H17NO4. The summed E-state index contributed by atoms with van der Waals surface area (Å²) in [5, 5.41) is 2.64. The van der Waals surface area contributed by atoms with E-state index in [4.69, 9.17) is 9.47 Å². The maximum atomic E-state index is 12.0. The first-order chi connectivity index (χ1) is 9.11. The van der Waals surface area contributed by atoms with Crippen molar-refractivity contribution in [2.24, 2.45) is 0 Å². The van der Waals surface area contributed by atoms with Crippen molar-refractivity contribution >= 4 is 11.7 Å². The Balaban J connectivity index is 1.97. The van der Waals surface area contributed by atoms with Crippen molar-refractivity contribution in [1.82, 2.24) is 5.32 Å². The van der Waals surface area contributed by atoms with Crippen LogP contribution in [-0.2, 0) is 9.59 Å². The lowest BCUT2D eigenvalue weighted by molar-refractivity contribution is -0.133. The average molecular weight is 263 g/mol. The Bertz CT molecular complexity index is 486. The van der Waals surface area contributed by atoms with E-state index in [2.05, 4.69) is 5.32 Å². The lowest BCUT2D eigenvalue weighted by Gasteiger charge is -2.26. The predicted molar refractivity (Wildman–Crippen MR) is 69.3 cm³/mol. The Morgan fingerprint density at radius 1 is 1.37 bits per heavy atom. The quantitative estimate of drug-likeness (QED) is 0.889. The van der Waals surface area contributed by atoms with Gasteiger partial charge in [0.1, 0.15) is 6.61 Å². The maximum absolute atomic E-state index is 12.0. The van der Waals surface area contributed by atoms with Gasteiger partial charge < -0.3 is 14.8 Å². The van der Waals surface area contributed by atoms with Crippen LogP contribution in [0, 0.1) is 0 Å². The van der Waals surface area contributed by atoms with E-state index in [9.17, 15) is 9.59 Å². The van der Waals surface area contributed by atoms with Crippen molar-refractivity contribution < 1.29 is 19.1 Å². The fourth-order valence-electron chi connectivity index (χ4n) is 1.84. The molecule has 2 unspecified atom stereocenters. The number of rotatable bonds is 4. The Morgan fingerprint density at radius 2 is 2.05 bits per heavy atom. The molecule has 5 nitrogen and oxygen atoms in total. The molecule has 0 aromatic heterocycles. The molecule has 1 N–H and O–H groups in total. The molecule has 1 aromatic carbocycles. The van der Waals surface area contributed by atoms with E-state index >= 15 is 0 Å². The zero-order valence-electron chi connectivity index (χ0n) is 11.0. The van der Waals surface area contributed by atoms with Crippen molar-refractivity contribution in [3.63, 3.8) is 0 Å². The third-order valence-electron chi connectivity index (χ3n) is 2.99. The first kappa shape index (κ1) is 13.4. The number of fused-ring (bicyclic) bond motifs is 1. The summed E-state index contributed by atoms with van der Waals surface area (Å²) in [4.78, 5) is 23.4. The van der Waals surface area contributed by atoms with Crippen molar-refractivity contribution in [3.05, 3.63) is 24.3 Å². The van der Waals surface area contributed by atoms with Gasteiger partial charge in [-0.1, -0.05) is 19.1 Å². The molecule has 1 aliphatic heterocycles. The van der Waals surface area contributed by atoms with Gasteiger partial charge in [-0.15, -0.1) is 0 Å². The van der Waals surface area contributed by atoms with E-state index in [0.29, 0.717) is 17.9 Å². The highest BCUT2D eigenvalue weighted by Gasteiger charge is 2.28. The van der Waals surface area contributed by atoms with E-state index in [1.54, 1.807) is 26.0 Å². The molecular weight excluding hydrogens is 246 g/mol. The van der Waals surface area contributed by atoms with Crippen LogP contribution in [0.15, 0.2) is 24.3 Å². The number of para-hydroxylation sites is 2. The summed E-state index contributed by atoms with van der Waals surface area (Å²) in [5.74, 6) is 0.835. The zero-order valence-corrected chi connectivity index (χ0v) is 11.0. The Labute approximate surface area is 111 Å². The highest BCUT2D eigenvalue weighted by molar-refractivity contribution is 5.90. The van der Waals surface area contributed by atoms with Crippen LogP contribution in [0.3, 0.4) is 0 Å². The highest BCUT2D eigenvalue weighted by Crippen LogP contribution is 2.30. The summed E-state index contributed by atoms with van der Waals surface area (Å²) in [7, 11) is 0. The van der Waals surface area contributed by atoms with E-state index in [-0.39, 0.29) is 18.3 Å². The minimum atomic E-state index is -0.720. The summed E-state index contributed by atoms with van der Waals surface area (Å²) < 4.78 is 11.0. The van der Waals surface area contributed by atoms with Gasteiger partial charge in [-0.2, -0.15) is 0 Å². The topological polar surface area (TPSA) is 64.6 Å². The smallest absolute Gasteiger partial charge is 0.265 e. The molecule has 1 aliphatic rings. The fourth-order valence-corrected chi connectivity index (χ4v) is 1.84. The minimum absolute atomic E-state index is 0.00882. The average Bonchev–Trinajstić information content (AvgIpc) is 2.45. The zero-order chi connectivity index (χ0) is 13.8. The van der Waals surface area contributed by atoms with E-state index in [1.165, 1.54) is 0 Å². The molecule has 2 rings (SSSR count). The predicted octanol–water partition coefficient (Wildman–Crippen LogP) is 1.31. The molecule has 19 heavy (non-hydrogen) atoms. The number of amides is 1. The molecule has 1 heterocycles. The second-order valence-electron chi connectivity index (χ2n) is 4.41. The second kappa shape index (κ2) is 5.73. The lowest BCUT2D eigenvalue weighted by Crippen LogP contribution is -2.48. The SMILES string of the molecule is CCC(=O)C(C)NC(=O)C1COc2ccccc2O1. The van der Waals surface area contributed by atoms with Crippen LogP contribution < -0.4 is 14.8 Å². The van der Waals surface area contributed by atoms with Gasteiger partial charge in [0, 0.05) is 6.42 Å². The third kappa shape index (κ3) is 3.05. The molecule has 0 radical (unpaired) electrons. The highest BCUT2D eigenvalue weighted by atomic mass is 16.6. The number of carbonyl (C=O) groups is 2. The molecule has 0 bridgehead atoms. The van der Waals surface area contributed by atoms with Crippen LogP contribution >= 0.6 is 0 Å². The van der Waals surface area contributed by atoms with Crippen molar-refractivity contribution in [2.75, 3.05) is 6.61 Å². The minimum Gasteiger partial charge on any atom is -0.485 e. The number of Topliss-reactive ketones (excluding diaryl/α,β-unsaturated/α-hetero) is 1. The molecule has 0 saturated carbocycles. The first-order valence-electron chi connectivity index (χ1n) is 6.33.